The first kappa shape index (κ1) is 22.9. The van der Waals surface area contributed by atoms with Gasteiger partial charge in [0.1, 0.15) is 8.07 Å². The summed E-state index contributed by atoms with van der Waals surface area (Å²) >= 11 is 3.61. The second-order valence-electron chi connectivity index (χ2n) is 9.03. The largest absolute Gasteiger partial charge is 0.404 e. The second-order valence-corrected chi connectivity index (χ2v) is 18.9. The average Bonchev–Trinajstić information content (AvgIpc) is 2.63. The minimum Gasteiger partial charge on any atom is -0.404 e. The van der Waals surface area contributed by atoms with E-state index in [2.05, 4.69) is 135 Å². The van der Waals surface area contributed by atoms with Crippen molar-refractivity contribution >= 4 is 42.7 Å². The van der Waals surface area contributed by atoms with Crippen LogP contribution in [0.25, 0.3) is 0 Å². The van der Waals surface area contributed by atoms with Crippen molar-refractivity contribution in [2.45, 2.75) is 45.5 Å². The van der Waals surface area contributed by atoms with Crippen LogP contribution in [0.2, 0.25) is 24.7 Å². The number of benzene rings is 2. The summed E-state index contributed by atoms with van der Waals surface area (Å²) in [7, 11) is -3.88. The Balaban J connectivity index is 2.46. The number of allylic oxidation sites excluding steroid dienone is 1. The molecular weight excluding hydrogens is 440 g/mol. The quantitative estimate of drug-likeness (QED) is 0.400. The van der Waals surface area contributed by atoms with E-state index in [0.717, 1.165) is 4.48 Å². The second kappa shape index (κ2) is 9.41. The molecule has 2 rings (SSSR count). The molecule has 0 radical (unpaired) electrons. The summed E-state index contributed by atoms with van der Waals surface area (Å²) in [4.78, 5) is 0. The molecule has 0 spiro atoms. The van der Waals surface area contributed by atoms with E-state index in [1.54, 1.807) is 0 Å². The Morgan fingerprint density at radius 2 is 1.39 bits per heavy atom. The Hall–Kier alpha value is -1.39. The van der Waals surface area contributed by atoms with E-state index in [0.29, 0.717) is 6.61 Å². The standard InChI is InChI=1S/C24H31BrOSi2/c1-24(2,3)28(22-13-9-7-10-14-22,23-15-11-8-12-16-23)26-19-17-21(25)18-20-27(4,5)6/h7-17H,19H2,1-6H3/b21-17+. The molecule has 0 aromatic heterocycles. The zero-order valence-electron chi connectivity index (χ0n) is 17.8. The minimum absolute atomic E-state index is 0.0139. The molecule has 0 amide bonds. The van der Waals surface area contributed by atoms with Gasteiger partial charge in [0.15, 0.2) is 0 Å². The Morgan fingerprint density at radius 3 is 1.79 bits per heavy atom. The van der Waals surface area contributed by atoms with Gasteiger partial charge in [-0.15, -0.1) is 5.54 Å². The molecule has 0 aliphatic carbocycles. The molecule has 2 aromatic rings. The van der Waals surface area contributed by atoms with Gasteiger partial charge in [0, 0.05) is 0 Å². The molecule has 0 fully saturated rings. The maximum Gasteiger partial charge on any atom is 0.261 e. The monoisotopic (exact) mass is 470 g/mol. The fourth-order valence-electron chi connectivity index (χ4n) is 3.30. The average molecular weight is 472 g/mol. The molecule has 0 N–H and O–H groups in total. The van der Waals surface area contributed by atoms with Gasteiger partial charge in [0.25, 0.3) is 8.32 Å². The molecule has 1 nitrogen and oxygen atoms in total. The van der Waals surface area contributed by atoms with Crippen molar-refractivity contribution < 1.29 is 4.43 Å². The summed E-state index contributed by atoms with van der Waals surface area (Å²) < 4.78 is 7.76. The van der Waals surface area contributed by atoms with Gasteiger partial charge in [0.05, 0.1) is 11.1 Å². The molecule has 0 unspecified atom stereocenters. The van der Waals surface area contributed by atoms with E-state index in [1.807, 2.05) is 0 Å². The number of hydrogen-bond donors (Lipinski definition) is 0. The predicted octanol–water partition coefficient (Wildman–Crippen LogP) is 5.72. The summed E-state index contributed by atoms with van der Waals surface area (Å²) in [6.45, 7) is 14.2. The van der Waals surface area contributed by atoms with Gasteiger partial charge >= 0.3 is 0 Å². The van der Waals surface area contributed by atoms with Crippen LogP contribution in [0.15, 0.2) is 71.2 Å². The molecular formula is C24H31BrOSi2. The molecule has 0 aliphatic heterocycles. The molecule has 0 bridgehead atoms. The molecule has 0 aliphatic rings. The third kappa shape index (κ3) is 5.81. The van der Waals surface area contributed by atoms with Gasteiger partial charge in [-0.05, 0) is 37.4 Å². The van der Waals surface area contributed by atoms with Crippen LogP contribution in [-0.4, -0.2) is 23.0 Å². The van der Waals surface area contributed by atoms with Crippen molar-refractivity contribution in [3.05, 3.63) is 71.2 Å². The van der Waals surface area contributed by atoms with E-state index < -0.39 is 16.4 Å². The summed E-state index contributed by atoms with van der Waals surface area (Å²) in [5.74, 6) is 3.25. The first-order chi connectivity index (χ1) is 13.1. The van der Waals surface area contributed by atoms with Gasteiger partial charge in [-0.25, -0.2) is 0 Å². The van der Waals surface area contributed by atoms with Crippen LogP contribution >= 0.6 is 15.9 Å². The van der Waals surface area contributed by atoms with E-state index in [1.165, 1.54) is 10.4 Å². The van der Waals surface area contributed by atoms with Gasteiger partial charge in [-0.2, -0.15) is 0 Å². The van der Waals surface area contributed by atoms with Crippen molar-refractivity contribution in [2.24, 2.45) is 0 Å². The SMILES string of the molecule is CC(C)(C)[Si](OC/C=C(/Br)C#C[Si](C)(C)C)(c1ccccc1)c1ccccc1. The summed E-state index contributed by atoms with van der Waals surface area (Å²) in [6, 6.07) is 21.4. The molecule has 0 heterocycles. The highest BCUT2D eigenvalue weighted by atomic mass is 79.9. The van der Waals surface area contributed by atoms with Crippen molar-refractivity contribution in [3.63, 3.8) is 0 Å². The van der Waals surface area contributed by atoms with E-state index in [-0.39, 0.29) is 5.04 Å². The van der Waals surface area contributed by atoms with E-state index in [9.17, 15) is 0 Å². The molecule has 2 aromatic carbocycles. The zero-order valence-corrected chi connectivity index (χ0v) is 21.4. The summed E-state index contributed by atoms with van der Waals surface area (Å²) in [5.41, 5.74) is 3.39. The van der Waals surface area contributed by atoms with Crippen LogP contribution in [-0.2, 0) is 4.43 Å². The zero-order chi connectivity index (χ0) is 20.8. The lowest BCUT2D eigenvalue weighted by atomic mass is 10.2. The lowest BCUT2D eigenvalue weighted by molar-refractivity contribution is 0.339. The van der Waals surface area contributed by atoms with Crippen molar-refractivity contribution in [3.8, 4) is 11.5 Å². The smallest absolute Gasteiger partial charge is 0.261 e. The van der Waals surface area contributed by atoms with Gasteiger partial charge < -0.3 is 4.43 Å². The predicted molar refractivity (Wildman–Crippen MR) is 132 cm³/mol. The third-order valence-corrected chi connectivity index (χ3v) is 10.9. The Kier molecular flexibility index (Phi) is 7.69. The first-order valence-corrected chi connectivity index (χ1v) is 15.9. The van der Waals surface area contributed by atoms with Crippen LogP contribution < -0.4 is 10.4 Å². The maximum absolute atomic E-state index is 6.84. The van der Waals surface area contributed by atoms with Crippen LogP contribution in [0.3, 0.4) is 0 Å². The molecule has 0 saturated carbocycles. The number of hydrogen-bond acceptors (Lipinski definition) is 1. The highest BCUT2D eigenvalue weighted by molar-refractivity contribution is 9.12. The fourth-order valence-corrected chi connectivity index (χ4v) is 8.71. The fraction of sp³-hybridized carbons (Fsp3) is 0.333. The third-order valence-electron chi connectivity index (χ3n) is 4.54. The van der Waals surface area contributed by atoms with E-state index in [4.69, 9.17) is 4.43 Å². The normalized spacial score (nSPS) is 13.0. The van der Waals surface area contributed by atoms with Crippen LogP contribution in [0, 0.1) is 11.5 Å². The van der Waals surface area contributed by atoms with Gasteiger partial charge in [-0.1, -0.05) is 107 Å². The summed E-state index contributed by atoms with van der Waals surface area (Å²) in [5, 5.41) is 2.58. The first-order valence-electron chi connectivity index (χ1n) is 9.70. The number of rotatable bonds is 5. The lowest BCUT2D eigenvalue weighted by Crippen LogP contribution is -2.66. The van der Waals surface area contributed by atoms with Crippen molar-refractivity contribution in [1.82, 2.24) is 0 Å². The highest BCUT2D eigenvalue weighted by Gasteiger charge is 2.49. The van der Waals surface area contributed by atoms with Crippen LogP contribution in [0.5, 0.6) is 0 Å². The highest BCUT2D eigenvalue weighted by Crippen LogP contribution is 2.36. The van der Waals surface area contributed by atoms with Gasteiger partial charge in [0.2, 0.25) is 0 Å². The van der Waals surface area contributed by atoms with Crippen LogP contribution in [0.1, 0.15) is 20.8 Å². The Morgan fingerprint density at radius 1 is 0.929 bits per heavy atom. The van der Waals surface area contributed by atoms with Gasteiger partial charge in [-0.3, -0.25) is 0 Å². The molecule has 28 heavy (non-hydrogen) atoms. The van der Waals surface area contributed by atoms with Crippen molar-refractivity contribution in [1.29, 1.82) is 0 Å². The van der Waals surface area contributed by atoms with Crippen LogP contribution in [0.4, 0.5) is 0 Å². The lowest BCUT2D eigenvalue weighted by Gasteiger charge is -2.42. The van der Waals surface area contributed by atoms with Crippen molar-refractivity contribution in [2.75, 3.05) is 6.61 Å². The van der Waals surface area contributed by atoms with E-state index >= 15 is 0 Å². The summed E-state index contributed by atoms with van der Waals surface area (Å²) in [6.07, 6.45) is 2.06. The Labute approximate surface area is 181 Å². The molecule has 148 valence electrons. The molecule has 4 heteroatoms. The molecule has 0 atom stereocenters. The topological polar surface area (TPSA) is 9.23 Å². The number of halogens is 1. The maximum atomic E-state index is 6.84. The minimum atomic E-state index is -2.48. The molecule has 0 saturated heterocycles. The Bertz CT molecular complexity index is 811.